The number of hydrogen-bond donors (Lipinski definition) is 1. The number of pyridine rings is 1. The highest BCUT2D eigenvalue weighted by Gasteiger charge is 2.18. The lowest BCUT2D eigenvalue weighted by molar-refractivity contribution is 0.0693. The summed E-state index contributed by atoms with van der Waals surface area (Å²) < 4.78 is 4.81. The molecule has 0 spiro atoms. The molecule has 1 atom stereocenters. The minimum Gasteiger partial charge on any atom is -0.478 e. The van der Waals surface area contributed by atoms with E-state index in [1.807, 2.05) is 18.9 Å². The molecule has 0 saturated carbocycles. The van der Waals surface area contributed by atoms with Gasteiger partial charge in [-0.05, 0) is 26.1 Å². The highest BCUT2D eigenvalue weighted by atomic mass is 16.5. The van der Waals surface area contributed by atoms with Gasteiger partial charge in [0.2, 0.25) is 0 Å². The van der Waals surface area contributed by atoms with E-state index in [1.165, 1.54) is 6.26 Å². The predicted molar refractivity (Wildman–Crippen MR) is 67.6 cm³/mol. The number of nitrogens with zero attached hydrogens (tertiary/aromatic N) is 3. The zero-order valence-corrected chi connectivity index (χ0v) is 10.8. The van der Waals surface area contributed by atoms with Gasteiger partial charge >= 0.3 is 5.97 Å². The van der Waals surface area contributed by atoms with Gasteiger partial charge < -0.3 is 9.63 Å². The smallest absolute Gasteiger partial charge is 0.337 e. The van der Waals surface area contributed by atoms with Crippen molar-refractivity contribution < 1.29 is 14.4 Å². The van der Waals surface area contributed by atoms with Gasteiger partial charge in [0.05, 0.1) is 17.3 Å². The first-order valence-electron chi connectivity index (χ1n) is 5.87. The first-order valence-corrected chi connectivity index (χ1v) is 5.87. The van der Waals surface area contributed by atoms with Crippen LogP contribution in [0.25, 0.3) is 0 Å². The summed E-state index contributed by atoms with van der Waals surface area (Å²) in [6.07, 6.45) is 3.11. The molecule has 0 aliphatic rings. The van der Waals surface area contributed by atoms with E-state index >= 15 is 0 Å². The molecule has 2 rings (SSSR count). The molecule has 100 valence electrons. The van der Waals surface area contributed by atoms with Gasteiger partial charge in [-0.15, -0.1) is 0 Å². The van der Waals surface area contributed by atoms with Crippen molar-refractivity contribution in [3.8, 4) is 0 Å². The molecule has 0 fully saturated rings. The predicted octanol–water partition coefficient (Wildman–Crippen LogP) is 1.96. The fourth-order valence-corrected chi connectivity index (χ4v) is 1.80. The van der Waals surface area contributed by atoms with E-state index in [1.54, 1.807) is 24.4 Å². The Balaban J connectivity index is 2.15. The maximum absolute atomic E-state index is 11.1. The van der Waals surface area contributed by atoms with Gasteiger partial charge in [0.25, 0.3) is 0 Å². The lowest BCUT2D eigenvalue weighted by Crippen LogP contribution is -2.24. The zero-order valence-electron chi connectivity index (χ0n) is 10.8. The molecule has 0 bridgehead atoms. The van der Waals surface area contributed by atoms with E-state index in [0.29, 0.717) is 12.2 Å². The van der Waals surface area contributed by atoms with Crippen LogP contribution in [0.4, 0.5) is 0 Å². The molecule has 0 aliphatic heterocycles. The SMILES string of the molecule is C[C@H](c1ccon1)N(C)Cc1ncccc1C(=O)O. The number of aromatic carboxylic acids is 1. The molecule has 2 aromatic rings. The van der Waals surface area contributed by atoms with Crippen LogP contribution in [0.5, 0.6) is 0 Å². The molecule has 0 saturated heterocycles. The monoisotopic (exact) mass is 261 g/mol. The third-order valence-corrected chi connectivity index (χ3v) is 3.07. The Hall–Kier alpha value is -2.21. The van der Waals surface area contributed by atoms with Crippen LogP contribution in [-0.4, -0.2) is 33.2 Å². The van der Waals surface area contributed by atoms with Crippen LogP contribution in [0.1, 0.15) is 34.7 Å². The minimum absolute atomic E-state index is 0.0161. The summed E-state index contributed by atoms with van der Waals surface area (Å²) in [5, 5.41) is 13.0. The quantitative estimate of drug-likeness (QED) is 0.886. The van der Waals surface area contributed by atoms with Gasteiger partial charge in [-0.25, -0.2) is 4.79 Å². The Morgan fingerprint density at radius 1 is 1.53 bits per heavy atom. The molecule has 0 radical (unpaired) electrons. The molecule has 1 N–H and O–H groups in total. The Morgan fingerprint density at radius 3 is 2.95 bits per heavy atom. The van der Waals surface area contributed by atoms with Crippen LogP contribution >= 0.6 is 0 Å². The van der Waals surface area contributed by atoms with E-state index in [-0.39, 0.29) is 11.6 Å². The van der Waals surface area contributed by atoms with Gasteiger partial charge in [0.15, 0.2) is 0 Å². The van der Waals surface area contributed by atoms with Crippen molar-refractivity contribution in [3.05, 3.63) is 47.6 Å². The van der Waals surface area contributed by atoms with Gasteiger partial charge in [-0.3, -0.25) is 9.88 Å². The Bertz CT molecular complexity index is 554. The first-order chi connectivity index (χ1) is 9.09. The largest absolute Gasteiger partial charge is 0.478 e. The molecule has 0 aromatic carbocycles. The number of rotatable bonds is 5. The average Bonchev–Trinajstić information content (AvgIpc) is 2.92. The lowest BCUT2D eigenvalue weighted by Gasteiger charge is -2.22. The first kappa shape index (κ1) is 13.2. The maximum atomic E-state index is 11.1. The highest BCUT2D eigenvalue weighted by molar-refractivity contribution is 5.88. The fraction of sp³-hybridized carbons (Fsp3) is 0.308. The maximum Gasteiger partial charge on any atom is 0.337 e. The van der Waals surface area contributed by atoms with Crippen LogP contribution < -0.4 is 0 Å². The van der Waals surface area contributed by atoms with Crippen molar-refractivity contribution in [2.75, 3.05) is 7.05 Å². The summed E-state index contributed by atoms with van der Waals surface area (Å²) in [5.41, 5.74) is 1.56. The van der Waals surface area contributed by atoms with Crippen LogP contribution in [0.2, 0.25) is 0 Å². The van der Waals surface area contributed by atoms with Gasteiger partial charge in [0, 0.05) is 18.8 Å². The normalized spacial score (nSPS) is 12.6. The second-order valence-corrected chi connectivity index (χ2v) is 4.32. The average molecular weight is 261 g/mol. The van der Waals surface area contributed by atoms with E-state index in [9.17, 15) is 4.79 Å². The summed E-state index contributed by atoms with van der Waals surface area (Å²) in [6, 6.07) is 4.98. The number of aromatic nitrogens is 2. The molecule has 2 heterocycles. The Morgan fingerprint density at radius 2 is 2.32 bits per heavy atom. The Labute approximate surface area is 110 Å². The topological polar surface area (TPSA) is 79.5 Å². The number of hydrogen-bond acceptors (Lipinski definition) is 5. The summed E-state index contributed by atoms with van der Waals surface area (Å²) in [5.74, 6) is -0.967. The molecule has 0 unspecified atom stereocenters. The van der Waals surface area contributed by atoms with E-state index in [4.69, 9.17) is 9.63 Å². The van der Waals surface area contributed by atoms with Crippen molar-refractivity contribution in [1.82, 2.24) is 15.0 Å². The Kier molecular flexibility index (Phi) is 3.91. The van der Waals surface area contributed by atoms with Crippen LogP contribution in [0, 0.1) is 0 Å². The highest BCUT2D eigenvalue weighted by Crippen LogP contribution is 2.19. The minimum atomic E-state index is -0.967. The second kappa shape index (κ2) is 5.62. The molecule has 19 heavy (non-hydrogen) atoms. The molecule has 0 aliphatic carbocycles. The molecule has 2 aromatic heterocycles. The third kappa shape index (κ3) is 2.97. The molecule has 6 nitrogen and oxygen atoms in total. The summed E-state index contributed by atoms with van der Waals surface area (Å²) in [4.78, 5) is 17.2. The van der Waals surface area contributed by atoms with Gasteiger partial charge in [0.1, 0.15) is 12.0 Å². The molecular formula is C13H15N3O3. The van der Waals surface area contributed by atoms with Crippen molar-refractivity contribution >= 4 is 5.97 Å². The van der Waals surface area contributed by atoms with Crippen LogP contribution in [0.3, 0.4) is 0 Å². The summed E-state index contributed by atoms with van der Waals surface area (Å²) in [6.45, 7) is 2.40. The number of carbonyl (C=O) groups is 1. The number of carboxylic acids is 1. The summed E-state index contributed by atoms with van der Waals surface area (Å²) in [7, 11) is 1.89. The summed E-state index contributed by atoms with van der Waals surface area (Å²) >= 11 is 0. The van der Waals surface area contributed by atoms with Gasteiger partial charge in [-0.2, -0.15) is 0 Å². The molecule has 6 heteroatoms. The molecular weight excluding hydrogens is 246 g/mol. The second-order valence-electron chi connectivity index (χ2n) is 4.32. The third-order valence-electron chi connectivity index (χ3n) is 3.07. The lowest BCUT2D eigenvalue weighted by atomic mass is 10.1. The van der Waals surface area contributed by atoms with Crippen LogP contribution in [0.15, 0.2) is 35.2 Å². The van der Waals surface area contributed by atoms with Crippen molar-refractivity contribution in [1.29, 1.82) is 0 Å². The van der Waals surface area contributed by atoms with Crippen molar-refractivity contribution in [2.45, 2.75) is 19.5 Å². The van der Waals surface area contributed by atoms with Crippen molar-refractivity contribution in [2.24, 2.45) is 0 Å². The van der Waals surface area contributed by atoms with E-state index < -0.39 is 5.97 Å². The fourth-order valence-electron chi connectivity index (χ4n) is 1.80. The molecule has 0 amide bonds. The van der Waals surface area contributed by atoms with Crippen LogP contribution in [-0.2, 0) is 6.54 Å². The van der Waals surface area contributed by atoms with E-state index in [2.05, 4.69) is 10.1 Å². The van der Waals surface area contributed by atoms with Gasteiger partial charge in [-0.1, -0.05) is 5.16 Å². The zero-order chi connectivity index (χ0) is 13.8. The van der Waals surface area contributed by atoms with E-state index in [0.717, 1.165) is 5.69 Å². The number of carboxylic acid groups (broad SMARTS) is 1. The standard InChI is InChI=1S/C13H15N3O3/c1-9(11-5-7-19-15-11)16(2)8-12-10(13(17)18)4-3-6-14-12/h3-7,9H,8H2,1-2H3,(H,17,18)/t9-/m1/s1. The van der Waals surface area contributed by atoms with Crippen molar-refractivity contribution in [3.63, 3.8) is 0 Å².